The standard InChI is InChI=1S/C11H14ClN3O3/c1-7-6-18-4-3-15(7)9-5-8(10(16)17-2)13-11(12)14-9/h5,7H,3-4,6H2,1-2H3. The molecule has 2 rings (SSSR count). The van der Waals surface area contributed by atoms with Crippen LogP contribution in [0, 0.1) is 0 Å². The molecule has 98 valence electrons. The maximum Gasteiger partial charge on any atom is 0.356 e. The molecule has 0 spiro atoms. The predicted octanol–water partition coefficient (Wildman–Crippen LogP) is 1.14. The number of esters is 1. The normalized spacial score (nSPS) is 19.7. The molecule has 0 aliphatic carbocycles. The number of hydrogen-bond acceptors (Lipinski definition) is 6. The van der Waals surface area contributed by atoms with E-state index in [1.807, 2.05) is 11.8 Å². The van der Waals surface area contributed by atoms with Crippen LogP contribution in [-0.4, -0.2) is 48.8 Å². The molecular formula is C11H14ClN3O3. The molecule has 0 bridgehead atoms. The molecule has 0 radical (unpaired) electrons. The van der Waals surface area contributed by atoms with Crippen molar-refractivity contribution in [1.82, 2.24) is 9.97 Å². The van der Waals surface area contributed by atoms with Gasteiger partial charge in [0.1, 0.15) is 5.82 Å². The highest BCUT2D eigenvalue weighted by molar-refractivity contribution is 6.28. The summed E-state index contributed by atoms with van der Waals surface area (Å²) in [7, 11) is 1.30. The summed E-state index contributed by atoms with van der Waals surface area (Å²) in [5, 5.41) is 0.0339. The van der Waals surface area contributed by atoms with Gasteiger partial charge in [0.05, 0.1) is 26.4 Å². The number of morpholine rings is 1. The first kappa shape index (κ1) is 13.0. The van der Waals surface area contributed by atoms with Gasteiger partial charge in [-0.2, -0.15) is 0 Å². The summed E-state index contributed by atoms with van der Waals surface area (Å²) in [6.45, 7) is 3.97. The first-order chi connectivity index (χ1) is 8.61. The minimum atomic E-state index is -0.526. The second kappa shape index (κ2) is 5.49. The van der Waals surface area contributed by atoms with E-state index < -0.39 is 5.97 Å². The summed E-state index contributed by atoms with van der Waals surface area (Å²) in [4.78, 5) is 21.5. The van der Waals surface area contributed by atoms with Gasteiger partial charge >= 0.3 is 5.97 Å². The molecule has 1 unspecified atom stereocenters. The van der Waals surface area contributed by atoms with Crippen molar-refractivity contribution in [3.63, 3.8) is 0 Å². The number of ether oxygens (including phenoxy) is 2. The average Bonchev–Trinajstić information content (AvgIpc) is 2.37. The van der Waals surface area contributed by atoms with E-state index in [0.29, 0.717) is 25.6 Å². The Labute approximate surface area is 110 Å². The molecule has 1 aromatic rings. The molecule has 0 amide bonds. The minimum Gasteiger partial charge on any atom is -0.464 e. The summed E-state index contributed by atoms with van der Waals surface area (Å²) >= 11 is 5.83. The molecular weight excluding hydrogens is 258 g/mol. The number of methoxy groups -OCH3 is 1. The lowest BCUT2D eigenvalue weighted by molar-refractivity contribution is 0.0593. The van der Waals surface area contributed by atoms with Gasteiger partial charge in [-0.25, -0.2) is 14.8 Å². The number of halogens is 1. The van der Waals surface area contributed by atoms with E-state index >= 15 is 0 Å². The van der Waals surface area contributed by atoms with Crippen LogP contribution in [0.4, 0.5) is 5.82 Å². The topological polar surface area (TPSA) is 64.5 Å². The fraction of sp³-hybridized carbons (Fsp3) is 0.545. The molecule has 1 aromatic heterocycles. The molecule has 0 aromatic carbocycles. The second-order valence-electron chi connectivity index (χ2n) is 3.99. The lowest BCUT2D eigenvalue weighted by Gasteiger charge is -2.34. The summed E-state index contributed by atoms with van der Waals surface area (Å²) < 4.78 is 9.98. The lowest BCUT2D eigenvalue weighted by atomic mass is 10.2. The van der Waals surface area contributed by atoms with Crippen LogP contribution in [0.5, 0.6) is 0 Å². The molecule has 1 aliphatic rings. The maximum absolute atomic E-state index is 11.5. The van der Waals surface area contributed by atoms with Crippen LogP contribution in [0.25, 0.3) is 0 Å². The van der Waals surface area contributed by atoms with E-state index in [1.54, 1.807) is 6.07 Å². The Bertz CT molecular complexity index is 455. The van der Waals surface area contributed by atoms with E-state index in [9.17, 15) is 4.79 Å². The van der Waals surface area contributed by atoms with E-state index in [4.69, 9.17) is 16.3 Å². The van der Waals surface area contributed by atoms with Crippen molar-refractivity contribution >= 4 is 23.4 Å². The highest BCUT2D eigenvalue weighted by atomic mass is 35.5. The summed E-state index contributed by atoms with van der Waals surface area (Å²) in [6.07, 6.45) is 0. The van der Waals surface area contributed by atoms with Gasteiger partial charge in [-0.3, -0.25) is 0 Å². The SMILES string of the molecule is COC(=O)c1cc(N2CCOCC2C)nc(Cl)n1. The van der Waals surface area contributed by atoms with E-state index in [2.05, 4.69) is 14.7 Å². The van der Waals surface area contributed by atoms with E-state index in [0.717, 1.165) is 0 Å². The van der Waals surface area contributed by atoms with Crippen molar-refractivity contribution in [2.24, 2.45) is 0 Å². The summed E-state index contributed by atoms with van der Waals surface area (Å²) in [5.74, 6) is 0.0904. The zero-order valence-electron chi connectivity index (χ0n) is 10.2. The number of carbonyl (C=O) groups excluding carboxylic acids is 1. The van der Waals surface area contributed by atoms with Crippen molar-refractivity contribution in [2.45, 2.75) is 13.0 Å². The smallest absolute Gasteiger partial charge is 0.356 e. The number of carbonyl (C=O) groups is 1. The van der Waals surface area contributed by atoms with Crippen molar-refractivity contribution in [3.05, 3.63) is 17.0 Å². The Morgan fingerprint density at radius 3 is 3.06 bits per heavy atom. The van der Waals surface area contributed by atoms with Gasteiger partial charge in [-0.1, -0.05) is 0 Å². The van der Waals surface area contributed by atoms with Crippen LogP contribution in [0.3, 0.4) is 0 Å². The largest absolute Gasteiger partial charge is 0.464 e. The van der Waals surface area contributed by atoms with Crippen molar-refractivity contribution < 1.29 is 14.3 Å². The molecule has 2 heterocycles. The number of aromatic nitrogens is 2. The zero-order valence-corrected chi connectivity index (χ0v) is 11.0. The first-order valence-electron chi connectivity index (χ1n) is 5.59. The quantitative estimate of drug-likeness (QED) is 0.594. The van der Waals surface area contributed by atoms with Crippen LogP contribution < -0.4 is 4.90 Å². The molecule has 7 heteroatoms. The van der Waals surface area contributed by atoms with Gasteiger partial charge in [0.25, 0.3) is 0 Å². The van der Waals surface area contributed by atoms with Crippen LogP contribution in [-0.2, 0) is 9.47 Å². The maximum atomic E-state index is 11.5. The molecule has 0 saturated carbocycles. The number of anilines is 1. The monoisotopic (exact) mass is 271 g/mol. The van der Waals surface area contributed by atoms with Crippen LogP contribution >= 0.6 is 11.6 Å². The van der Waals surface area contributed by atoms with Crippen molar-refractivity contribution in [3.8, 4) is 0 Å². The zero-order chi connectivity index (χ0) is 13.1. The first-order valence-corrected chi connectivity index (χ1v) is 5.97. The Morgan fingerprint density at radius 1 is 1.61 bits per heavy atom. The van der Waals surface area contributed by atoms with Gasteiger partial charge in [0.2, 0.25) is 5.28 Å². The highest BCUT2D eigenvalue weighted by Crippen LogP contribution is 2.20. The van der Waals surface area contributed by atoms with Crippen molar-refractivity contribution in [1.29, 1.82) is 0 Å². The third-order valence-electron chi connectivity index (χ3n) is 2.74. The molecule has 0 N–H and O–H groups in total. The van der Waals surface area contributed by atoms with E-state index in [1.165, 1.54) is 7.11 Å². The van der Waals surface area contributed by atoms with E-state index in [-0.39, 0.29) is 17.0 Å². The van der Waals surface area contributed by atoms with Crippen LogP contribution in [0.15, 0.2) is 6.07 Å². The van der Waals surface area contributed by atoms with Gasteiger partial charge in [-0.15, -0.1) is 0 Å². The fourth-order valence-corrected chi connectivity index (χ4v) is 2.01. The highest BCUT2D eigenvalue weighted by Gasteiger charge is 2.22. The van der Waals surface area contributed by atoms with Gasteiger partial charge in [0, 0.05) is 12.6 Å². The fourth-order valence-electron chi connectivity index (χ4n) is 1.83. The molecule has 18 heavy (non-hydrogen) atoms. The predicted molar refractivity (Wildman–Crippen MR) is 66.0 cm³/mol. The summed E-state index contributed by atoms with van der Waals surface area (Å²) in [6, 6.07) is 1.76. The Balaban J connectivity index is 2.32. The Hall–Kier alpha value is -1.40. The Morgan fingerprint density at radius 2 is 2.39 bits per heavy atom. The third-order valence-corrected chi connectivity index (χ3v) is 2.91. The molecule has 1 aliphatic heterocycles. The van der Waals surface area contributed by atoms with Crippen molar-refractivity contribution in [2.75, 3.05) is 31.8 Å². The van der Waals surface area contributed by atoms with Gasteiger partial charge in [0.15, 0.2) is 5.69 Å². The number of rotatable bonds is 2. The lowest BCUT2D eigenvalue weighted by Crippen LogP contribution is -2.44. The third kappa shape index (κ3) is 2.70. The molecule has 1 saturated heterocycles. The van der Waals surface area contributed by atoms with Crippen LogP contribution in [0.1, 0.15) is 17.4 Å². The van der Waals surface area contributed by atoms with Gasteiger partial charge in [-0.05, 0) is 18.5 Å². The average molecular weight is 272 g/mol. The Kier molecular flexibility index (Phi) is 3.98. The second-order valence-corrected chi connectivity index (χ2v) is 4.33. The number of nitrogens with zero attached hydrogens (tertiary/aromatic N) is 3. The minimum absolute atomic E-state index is 0.0339. The molecule has 6 nitrogen and oxygen atoms in total. The number of hydrogen-bond donors (Lipinski definition) is 0. The molecule has 1 atom stereocenters. The van der Waals surface area contributed by atoms with Gasteiger partial charge < -0.3 is 14.4 Å². The van der Waals surface area contributed by atoms with Crippen LogP contribution in [0.2, 0.25) is 5.28 Å². The summed E-state index contributed by atoms with van der Waals surface area (Å²) in [5.41, 5.74) is 0.159. The molecule has 1 fully saturated rings.